The van der Waals surface area contributed by atoms with Gasteiger partial charge in [0.25, 0.3) is 10.0 Å². The highest BCUT2D eigenvalue weighted by molar-refractivity contribution is 7.92. The van der Waals surface area contributed by atoms with Gasteiger partial charge < -0.3 is 9.26 Å². The number of aromatic nitrogens is 1. The van der Waals surface area contributed by atoms with E-state index in [1.165, 1.54) is 26.2 Å². The predicted molar refractivity (Wildman–Crippen MR) is 119 cm³/mol. The summed E-state index contributed by atoms with van der Waals surface area (Å²) in [5, 5.41) is 6.98. The fourth-order valence-corrected chi connectivity index (χ4v) is 4.54. The van der Waals surface area contributed by atoms with E-state index < -0.39 is 10.0 Å². The van der Waals surface area contributed by atoms with E-state index in [1.54, 1.807) is 31.2 Å². The molecule has 3 rings (SSSR count). The minimum absolute atomic E-state index is 0.0797. The number of hydrogen-bond acceptors (Lipinski definition) is 6. The summed E-state index contributed by atoms with van der Waals surface area (Å²) in [6.07, 6.45) is 0.520. The van der Waals surface area contributed by atoms with E-state index >= 15 is 0 Å². The first-order valence-electron chi connectivity index (χ1n) is 9.39. The predicted octanol–water partition coefficient (Wildman–Crippen LogP) is 4.63. The lowest BCUT2D eigenvalue weighted by molar-refractivity contribution is -0.114. The van der Waals surface area contributed by atoms with E-state index in [0.717, 1.165) is 0 Å². The Bertz CT molecular complexity index is 1240. The summed E-state index contributed by atoms with van der Waals surface area (Å²) < 4.78 is 39.6. The maximum Gasteiger partial charge on any atom is 0.265 e. The minimum Gasteiger partial charge on any atom is -0.495 e. The molecule has 0 radical (unpaired) electrons. The van der Waals surface area contributed by atoms with Crippen LogP contribution in [0.2, 0.25) is 5.02 Å². The van der Waals surface area contributed by atoms with Gasteiger partial charge in [0, 0.05) is 11.9 Å². The van der Waals surface area contributed by atoms with Crippen LogP contribution in [0.5, 0.6) is 5.75 Å². The van der Waals surface area contributed by atoms with E-state index in [1.807, 2.05) is 6.92 Å². The average molecular weight is 464 g/mol. The Labute approximate surface area is 185 Å². The number of hydrogen-bond donors (Lipinski definition) is 2. The maximum absolute atomic E-state index is 13.2. The van der Waals surface area contributed by atoms with Gasteiger partial charge in [-0.2, -0.15) is 0 Å². The molecule has 0 fully saturated rings. The molecule has 8 nitrogen and oxygen atoms in total. The Morgan fingerprint density at radius 1 is 1.23 bits per heavy atom. The third kappa shape index (κ3) is 4.83. The molecule has 0 aliphatic carbocycles. The van der Waals surface area contributed by atoms with Crippen LogP contribution in [0.4, 0.5) is 11.6 Å². The summed E-state index contributed by atoms with van der Waals surface area (Å²) in [4.78, 5) is 11.5. The number of carbonyl (C=O) groups excluding carboxylic acids is 1. The lowest BCUT2D eigenvalue weighted by atomic mass is 10.0. The number of aryl methyl sites for hydroxylation is 2. The van der Waals surface area contributed by atoms with Gasteiger partial charge in [0.2, 0.25) is 11.8 Å². The lowest BCUT2D eigenvalue weighted by Crippen LogP contribution is -2.15. The summed E-state index contributed by atoms with van der Waals surface area (Å²) >= 11 is 6.02. The van der Waals surface area contributed by atoms with Crippen LogP contribution >= 0.6 is 11.6 Å². The van der Waals surface area contributed by atoms with E-state index in [0.29, 0.717) is 39.5 Å². The molecule has 0 saturated heterocycles. The third-order valence-corrected chi connectivity index (χ3v) is 6.19. The third-order valence-electron chi connectivity index (χ3n) is 4.57. The van der Waals surface area contributed by atoms with Crippen LogP contribution in [-0.2, 0) is 21.2 Å². The molecule has 31 heavy (non-hydrogen) atoms. The van der Waals surface area contributed by atoms with Crippen molar-refractivity contribution in [1.82, 2.24) is 5.16 Å². The highest BCUT2D eigenvalue weighted by Crippen LogP contribution is 2.37. The molecule has 1 heterocycles. The summed E-state index contributed by atoms with van der Waals surface area (Å²) in [5.41, 5.74) is 2.67. The number of methoxy groups -OCH3 is 1. The first kappa shape index (κ1) is 22.6. The molecule has 1 amide bonds. The standard InChI is InChI=1S/C21H22ClN3O5S/c1-5-16-20(21(30-24-16)23-13(3)26)14-7-9-18(29-4)19(10-14)31(27,28)25-17-11-15(22)8-6-12(17)2/h6-11,25H,5H2,1-4H3,(H,23,26). The minimum atomic E-state index is -4.04. The number of anilines is 2. The van der Waals surface area contributed by atoms with Crippen molar-refractivity contribution in [3.8, 4) is 16.9 Å². The van der Waals surface area contributed by atoms with Gasteiger partial charge >= 0.3 is 0 Å². The van der Waals surface area contributed by atoms with Crippen molar-refractivity contribution >= 4 is 39.1 Å². The van der Waals surface area contributed by atoms with Crippen LogP contribution in [0.15, 0.2) is 45.8 Å². The molecular formula is C21H22ClN3O5S. The number of halogens is 1. The zero-order valence-electron chi connectivity index (χ0n) is 17.4. The van der Waals surface area contributed by atoms with Crippen molar-refractivity contribution < 1.29 is 22.5 Å². The van der Waals surface area contributed by atoms with Crippen molar-refractivity contribution in [2.75, 3.05) is 17.1 Å². The van der Waals surface area contributed by atoms with E-state index in [-0.39, 0.29) is 22.4 Å². The normalized spacial score (nSPS) is 11.3. The maximum atomic E-state index is 13.2. The first-order valence-corrected chi connectivity index (χ1v) is 11.3. The molecule has 0 spiro atoms. The van der Waals surface area contributed by atoms with Crippen molar-refractivity contribution in [2.24, 2.45) is 0 Å². The highest BCUT2D eigenvalue weighted by atomic mass is 35.5. The Morgan fingerprint density at radius 2 is 1.97 bits per heavy atom. The van der Waals surface area contributed by atoms with Gasteiger partial charge in [-0.3, -0.25) is 14.8 Å². The zero-order chi connectivity index (χ0) is 22.8. The van der Waals surface area contributed by atoms with Gasteiger partial charge in [-0.25, -0.2) is 8.42 Å². The molecule has 0 bridgehead atoms. The van der Waals surface area contributed by atoms with Gasteiger partial charge in [-0.15, -0.1) is 0 Å². The van der Waals surface area contributed by atoms with Crippen LogP contribution in [0, 0.1) is 6.92 Å². The Balaban J connectivity index is 2.13. The summed E-state index contributed by atoms with van der Waals surface area (Å²) in [6, 6.07) is 9.61. The molecular weight excluding hydrogens is 442 g/mol. The summed E-state index contributed by atoms with van der Waals surface area (Å²) in [5.74, 6) is -0.0254. The summed E-state index contributed by atoms with van der Waals surface area (Å²) in [7, 11) is -2.65. The van der Waals surface area contributed by atoms with E-state index in [9.17, 15) is 13.2 Å². The Hall–Kier alpha value is -3.04. The molecule has 1 aromatic heterocycles. The largest absolute Gasteiger partial charge is 0.495 e. The number of ether oxygens (including phenoxy) is 1. The number of sulfonamides is 1. The Morgan fingerprint density at radius 3 is 2.61 bits per heavy atom. The van der Waals surface area contributed by atoms with Crippen LogP contribution in [0.25, 0.3) is 11.1 Å². The molecule has 0 unspecified atom stereocenters. The van der Waals surface area contributed by atoms with Crippen LogP contribution in [0.3, 0.4) is 0 Å². The molecule has 0 saturated carbocycles. The molecule has 10 heteroatoms. The molecule has 2 N–H and O–H groups in total. The van der Waals surface area contributed by atoms with Gasteiger partial charge in [0.05, 0.1) is 24.1 Å². The van der Waals surface area contributed by atoms with Gasteiger partial charge in [-0.05, 0) is 48.7 Å². The van der Waals surface area contributed by atoms with Crippen LogP contribution < -0.4 is 14.8 Å². The smallest absolute Gasteiger partial charge is 0.265 e. The lowest BCUT2D eigenvalue weighted by Gasteiger charge is -2.15. The van der Waals surface area contributed by atoms with Gasteiger partial charge in [0.1, 0.15) is 10.6 Å². The Kier molecular flexibility index (Phi) is 6.56. The van der Waals surface area contributed by atoms with Crippen LogP contribution in [0.1, 0.15) is 25.1 Å². The molecule has 0 aliphatic rings. The van der Waals surface area contributed by atoms with E-state index in [4.69, 9.17) is 20.9 Å². The van der Waals surface area contributed by atoms with E-state index in [2.05, 4.69) is 15.2 Å². The van der Waals surface area contributed by atoms with Crippen molar-refractivity contribution in [3.63, 3.8) is 0 Å². The zero-order valence-corrected chi connectivity index (χ0v) is 19.0. The van der Waals surface area contributed by atoms with Gasteiger partial charge in [0.15, 0.2) is 0 Å². The van der Waals surface area contributed by atoms with Crippen molar-refractivity contribution in [3.05, 3.63) is 52.7 Å². The fourth-order valence-electron chi connectivity index (χ4n) is 3.05. The van der Waals surface area contributed by atoms with Crippen molar-refractivity contribution in [1.29, 1.82) is 0 Å². The fraction of sp³-hybridized carbons (Fsp3) is 0.238. The average Bonchev–Trinajstić information content (AvgIpc) is 3.12. The number of amides is 1. The first-order chi connectivity index (χ1) is 14.7. The second-order valence-electron chi connectivity index (χ2n) is 6.80. The SMILES string of the molecule is CCc1noc(NC(C)=O)c1-c1ccc(OC)c(S(=O)(=O)Nc2cc(Cl)ccc2C)c1. The molecule has 2 aromatic carbocycles. The molecule has 3 aromatic rings. The van der Waals surface area contributed by atoms with Crippen LogP contribution in [-0.4, -0.2) is 26.6 Å². The highest BCUT2D eigenvalue weighted by Gasteiger charge is 2.25. The number of nitrogens with zero attached hydrogens (tertiary/aromatic N) is 1. The quantitative estimate of drug-likeness (QED) is 0.528. The molecule has 0 aliphatic heterocycles. The number of nitrogens with one attached hydrogen (secondary N) is 2. The number of carbonyl (C=O) groups is 1. The number of benzene rings is 2. The topological polar surface area (TPSA) is 111 Å². The number of rotatable bonds is 7. The van der Waals surface area contributed by atoms with Crippen molar-refractivity contribution in [2.45, 2.75) is 32.1 Å². The monoisotopic (exact) mass is 463 g/mol. The molecule has 0 atom stereocenters. The summed E-state index contributed by atoms with van der Waals surface area (Å²) in [6.45, 7) is 4.99. The van der Waals surface area contributed by atoms with Gasteiger partial charge in [-0.1, -0.05) is 35.8 Å². The second-order valence-corrected chi connectivity index (χ2v) is 8.89. The second kappa shape index (κ2) is 8.99. The molecule has 164 valence electrons.